The molecule has 0 saturated carbocycles. The van der Waals surface area contributed by atoms with Gasteiger partial charge in [0.1, 0.15) is 5.82 Å². The minimum absolute atomic E-state index is 0.127. The van der Waals surface area contributed by atoms with Crippen LogP contribution in [-0.2, 0) is 11.3 Å². The van der Waals surface area contributed by atoms with Crippen molar-refractivity contribution in [1.29, 1.82) is 0 Å². The molecule has 0 radical (unpaired) electrons. The summed E-state index contributed by atoms with van der Waals surface area (Å²) in [5.74, 6) is -0.419. The van der Waals surface area contributed by atoms with Gasteiger partial charge in [0.2, 0.25) is 5.91 Å². The highest BCUT2D eigenvalue weighted by atomic mass is 32.1. The van der Waals surface area contributed by atoms with Crippen molar-refractivity contribution in [1.82, 2.24) is 20.1 Å². The first-order valence-corrected chi connectivity index (χ1v) is 9.97. The standard InChI is InChI=1S/C21H20FN5OS/c1-14-19-20(27(25-14)17-6-4-3-5-7-17)24-21(29-19)26(2)13-18(28)23-12-15-8-10-16(22)11-9-15/h3-11H,12-13H2,1-2H3,(H,23,28). The van der Waals surface area contributed by atoms with Gasteiger partial charge in [0, 0.05) is 13.6 Å². The first-order valence-electron chi connectivity index (χ1n) is 9.15. The van der Waals surface area contributed by atoms with E-state index in [2.05, 4.69) is 10.4 Å². The summed E-state index contributed by atoms with van der Waals surface area (Å²) in [6, 6.07) is 15.9. The minimum atomic E-state index is -0.292. The molecule has 4 rings (SSSR count). The van der Waals surface area contributed by atoms with Gasteiger partial charge in [-0.25, -0.2) is 9.07 Å². The quantitative estimate of drug-likeness (QED) is 0.528. The lowest BCUT2D eigenvalue weighted by Crippen LogP contribution is -2.34. The molecule has 0 bridgehead atoms. The van der Waals surface area contributed by atoms with E-state index in [1.54, 1.807) is 12.1 Å². The Morgan fingerprint density at radius 1 is 1.17 bits per heavy atom. The van der Waals surface area contributed by atoms with E-state index in [9.17, 15) is 9.18 Å². The molecule has 148 valence electrons. The van der Waals surface area contributed by atoms with Gasteiger partial charge in [0.25, 0.3) is 0 Å². The van der Waals surface area contributed by atoms with Gasteiger partial charge in [-0.2, -0.15) is 10.1 Å². The van der Waals surface area contributed by atoms with Gasteiger partial charge in [0.05, 0.1) is 22.6 Å². The molecule has 8 heteroatoms. The average molecular weight is 409 g/mol. The van der Waals surface area contributed by atoms with Crippen molar-refractivity contribution in [2.45, 2.75) is 13.5 Å². The lowest BCUT2D eigenvalue weighted by Gasteiger charge is -2.15. The molecular formula is C21H20FN5OS. The number of thiazole rings is 1. The van der Waals surface area contributed by atoms with Crippen molar-refractivity contribution in [3.05, 3.63) is 71.7 Å². The van der Waals surface area contributed by atoms with Gasteiger partial charge in [-0.1, -0.05) is 41.7 Å². The van der Waals surface area contributed by atoms with Crippen molar-refractivity contribution in [3.63, 3.8) is 0 Å². The number of para-hydroxylation sites is 1. The molecule has 2 aromatic heterocycles. The zero-order valence-corrected chi connectivity index (χ0v) is 16.9. The Morgan fingerprint density at radius 3 is 2.62 bits per heavy atom. The topological polar surface area (TPSA) is 63.1 Å². The maximum Gasteiger partial charge on any atom is 0.239 e. The predicted molar refractivity (Wildman–Crippen MR) is 113 cm³/mol. The fraction of sp³-hybridized carbons (Fsp3) is 0.190. The van der Waals surface area contributed by atoms with Gasteiger partial charge in [-0.3, -0.25) is 4.79 Å². The van der Waals surface area contributed by atoms with Crippen LogP contribution in [0.1, 0.15) is 11.3 Å². The number of rotatable bonds is 6. The zero-order valence-electron chi connectivity index (χ0n) is 16.1. The number of halogens is 1. The predicted octanol–water partition coefficient (Wildman–Crippen LogP) is 3.68. The van der Waals surface area contributed by atoms with Crippen molar-refractivity contribution in [3.8, 4) is 5.69 Å². The maximum absolute atomic E-state index is 13.0. The number of hydrogen-bond acceptors (Lipinski definition) is 5. The molecule has 2 heterocycles. The Bertz CT molecular complexity index is 1140. The fourth-order valence-electron chi connectivity index (χ4n) is 2.98. The molecule has 0 spiro atoms. The highest BCUT2D eigenvalue weighted by Crippen LogP contribution is 2.31. The monoisotopic (exact) mass is 409 g/mol. The molecule has 1 N–H and O–H groups in total. The first kappa shape index (κ1) is 19.1. The molecule has 0 atom stereocenters. The molecule has 0 aliphatic heterocycles. The number of aromatic nitrogens is 3. The lowest BCUT2D eigenvalue weighted by molar-refractivity contribution is -0.119. The number of nitrogens with one attached hydrogen (secondary N) is 1. The van der Waals surface area contributed by atoms with Crippen molar-refractivity contribution in [2.75, 3.05) is 18.5 Å². The Morgan fingerprint density at radius 2 is 1.90 bits per heavy atom. The van der Waals surface area contributed by atoms with E-state index in [4.69, 9.17) is 4.98 Å². The average Bonchev–Trinajstić information content (AvgIpc) is 3.29. The van der Waals surface area contributed by atoms with Crippen LogP contribution in [0.5, 0.6) is 0 Å². The molecule has 0 unspecified atom stereocenters. The summed E-state index contributed by atoms with van der Waals surface area (Å²) in [5.41, 5.74) is 3.48. The van der Waals surface area contributed by atoms with Crippen LogP contribution in [0.2, 0.25) is 0 Å². The van der Waals surface area contributed by atoms with Crippen LogP contribution in [0.3, 0.4) is 0 Å². The van der Waals surface area contributed by atoms with Gasteiger partial charge >= 0.3 is 0 Å². The number of amides is 1. The van der Waals surface area contributed by atoms with Gasteiger partial charge in [0.15, 0.2) is 10.8 Å². The second-order valence-electron chi connectivity index (χ2n) is 6.74. The Balaban J connectivity index is 1.46. The highest BCUT2D eigenvalue weighted by molar-refractivity contribution is 7.22. The third kappa shape index (κ3) is 4.12. The minimum Gasteiger partial charge on any atom is -0.350 e. The van der Waals surface area contributed by atoms with Crippen molar-refractivity contribution < 1.29 is 9.18 Å². The van der Waals surface area contributed by atoms with Crippen LogP contribution in [0.4, 0.5) is 9.52 Å². The number of carbonyl (C=O) groups excluding carboxylic acids is 1. The zero-order chi connectivity index (χ0) is 20.4. The second-order valence-corrected chi connectivity index (χ2v) is 7.72. The van der Waals surface area contributed by atoms with Crippen LogP contribution in [0, 0.1) is 12.7 Å². The normalized spacial score (nSPS) is 11.0. The largest absolute Gasteiger partial charge is 0.350 e. The van der Waals surface area contributed by atoms with E-state index in [1.165, 1.54) is 23.5 Å². The first-order chi connectivity index (χ1) is 14.0. The summed E-state index contributed by atoms with van der Waals surface area (Å²) in [6.45, 7) is 2.49. The number of aryl methyl sites for hydroxylation is 1. The Labute approximate surface area is 171 Å². The number of fused-ring (bicyclic) bond motifs is 1. The van der Waals surface area contributed by atoms with Crippen LogP contribution < -0.4 is 10.2 Å². The van der Waals surface area contributed by atoms with Crippen LogP contribution >= 0.6 is 11.3 Å². The molecule has 0 aliphatic carbocycles. The van der Waals surface area contributed by atoms with Crippen LogP contribution in [0.25, 0.3) is 16.0 Å². The van der Waals surface area contributed by atoms with Crippen LogP contribution in [-0.4, -0.2) is 34.3 Å². The lowest BCUT2D eigenvalue weighted by atomic mass is 10.2. The smallest absolute Gasteiger partial charge is 0.239 e. The molecule has 2 aromatic carbocycles. The van der Waals surface area contributed by atoms with Gasteiger partial charge in [-0.15, -0.1) is 0 Å². The van der Waals surface area contributed by atoms with Crippen molar-refractivity contribution in [2.24, 2.45) is 0 Å². The molecule has 1 amide bonds. The molecule has 6 nitrogen and oxygen atoms in total. The molecule has 4 aromatic rings. The summed E-state index contributed by atoms with van der Waals surface area (Å²) in [4.78, 5) is 18.8. The second kappa shape index (κ2) is 8.00. The van der Waals surface area contributed by atoms with E-state index in [1.807, 2.05) is 53.9 Å². The summed E-state index contributed by atoms with van der Waals surface area (Å²) in [5, 5.41) is 8.19. The van der Waals surface area contributed by atoms with Gasteiger partial charge < -0.3 is 10.2 Å². The number of benzene rings is 2. The summed E-state index contributed by atoms with van der Waals surface area (Å²) in [6.07, 6.45) is 0. The SMILES string of the molecule is Cc1nn(-c2ccccc2)c2nc(N(C)CC(=O)NCc3ccc(F)cc3)sc12. The van der Waals surface area contributed by atoms with Crippen molar-refractivity contribution >= 4 is 32.7 Å². The number of nitrogens with zero attached hydrogens (tertiary/aromatic N) is 4. The summed E-state index contributed by atoms with van der Waals surface area (Å²) >= 11 is 1.52. The van der Waals surface area contributed by atoms with E-state index in [-0.39, 0.29) is 18.3 Å². The number of carbonyl (C=O) groups is 1. The molecule has 0 fully saturated rings. The van der Waals surface area contributed by atoms with E-state index in [0.717, 1.165) is 32.4 Å². The maximum atomic E-state index is 13.0. The number of hydrogen-bond donors (Lipinski definition) is 1. The Kier molecular flexibility index (Phi) is 5.26. The fourth-order valence-corrected chi connectivity index (χ4v) is 3.92. The molecular weight excluding hydrogens is 389 g/mol. The van der Waals surface area contributed by atoms with E-state index >= 15 is 0 Å². The number of anilines is 1. The highest BCUT2D eigenvalue weighted by Gasteiger charge is 2.18. The van der Waals surface area contributed by atoms with Crippen LogP contribution in [0.15, 0.2) is 54.6 Å². The molecule has 29 heavy (non-hydrogen) atoms. The third-order valence-corrected chi connectivity index (χ3v) is 5.76. The van der Waals surface area contributed by atoms with Gasteiger partial charge in [-0.05, 0) is 36.8 Å². The summed E-state index contributed by atoms with van der Waals surface area (Å²) < 4.78 is 15.8. The van der Waals surface area contributed by atoms with E-state index in [0.29, 0.717) is 6.54 Å². The Hall–Kier alpha value is -3.26. The molecule has 0 aliphatic rings. The number of likely N-dealkylation sites (N-methyl/N-ethyl adjacent to an activating group) is 1. The summed E-state index contributed by atoms with van der Waals surface area (Å²) in [7, 11) is 1.84. The third-order valence-electron chi connectivity index (χ3n) is 4.49. The van der Waals surface area contributed by atoms with E-state index < -0.39 is 0 Å². The molecule has 0 saturated heterocycles.